The highest BCUT2D eigenvalue weighted by Crippen LogP contribution is 2.18. The van der Waals surface area contributed by atoms with E-state index in [9.17, 15) is 4.79 Å². The number of benzene rings is 1. The van der Waals surface area contributed by atoms with Gasteiger partial charge in [0.2, 0.25) is 5.91 Å². The fraction of sp³-hybridized carbons (Fsp3) is 0.462. The molecular weight excluding hydrogens is 282 g/mol. The fourth-order valence-corrected chi connectivity index (χ4v) is 1.60. The minimum absolute atomic E-state index is 0.0192. The number of amides is 1. The van der Waals surface area contributed by atoms with Crippen LogP contribution in [0.15, 0.2) is 18.2 Å². The van der Waals surface area contributed by atoms with Crippen molar-refractivity contribution in [1.29, 1.82) is 0 Å². The van der Waals surface area contributed by atoms with Crippen molar-refractivity contribution in [2.45, 2.75) is 25.6 Å². The minimum Gasteiger partial charge on any atom is -0.491 e. The van der Waals surface area contributed by atoms with E-state index in [4.69, 9.17) is 4.74 Å². The molecule has 0 saturated heterocycles. The largest absolute Gasteiger partial charge is 0.491 e. The third kappa shape index (κ3) is 4.77. The second-order valence-electron chi connectivity index (χ2n) is 4.02. The monoisotopic (exact) mass is 299 g/mol. The predicted molar refractivity (Wildman–Crippen MR) is 72.8 cm³/mol. The molecule has 0 aromatic heterocycles. The highest BCUT2D eigenvalue weighted by atomic mass is 79.9. The Morgan fingerprint density at radius 3 is 2.76 bits per heavy atom. The molecule has 1 atom stereocenters. The number of halogens is 1. The summed E-state index contributed by atoms with van der Waals surface area (Å²) in [6.45, 7) is 6.85. The summed E-state index contributed by atoms with van der Waals surface area (Å²) in [6, 6.07) is 6.05. The van der Waals surface area contributed by atoms with Gasteiger partial charge in [0, 0.05) is 0 Å². The average molecular weight is 300 g/mol. The molecular formula is C13H18BrNO2. The van der Waals surface area contributed by atoms with Gasteiger partial charge >= 0.3 is 0 Å². The number of rotatable bonds is 5. The number of nitrogens with one attached hydrogen (secondary N) is 1. The van der Waals surface area contributed by atoms with Gasteiger partial charge in [0.05, 0.1) is 11.4 Å². The van der Waals surface area contributed by atoms with Gasteiger partial charge in [0.1, 0.15) is 12.4 Å². The van der Waals surface area contributed by atoms with Crippen LogP contribution in [0, 0.1) is 13.8 Å². The Labute approximate surface area is 111 Å². The van der Waals surface area contributed by atoms with Gasteiger partial charge in [0.25, 0.3) is 0 Å². The van der Waals surface area contributed by atoms with Crippen LogP contribution in [0.25, 0.3) is 0 Å². The van der Waals surface area contributed by atoms with E-state index in [1.54, 1.807) is 6.92 Å². The van der Waals surface area contributed by atoms with Crippen molar-refractivity contribution in [2.24, 2.45) is 0 Å². The van der Waals surface area contributed by atoms with Crippen molar-refractivity contribution >= 4 is 21.8 Å². The molecule has 0 radical (unpaired) electrons. The number of ether oxygens (including phenoxy) is 1. The molecule has 0 aliphatic carbocycles. The molecule has 0 spiro atoms. The summed E-state index contributed by atoms with van der Waals surface area (Å²) in [5.41, 5.74) is 2.33. The van der Waals surface area contributed by atoms with E-state index in [2.05, 4.69) is 27.3 Å². The van der Waals surface area contributed by atoms with Crippen LogP contribution in [0.3, 0.4) is 0 Å². The van der Waals surface area contributed by atoms with Gasteiger partial charge in [-0.3, -0.25) is 4.79 Å². The zero-order chi connectivity index (χ0) is 12.8. The quantitative estimate of drug-likeness (QED) is 0.670. The van der Waals surface area contributed by atoms with E-state index in [0.29, 0.717) is 13.2 Å². The molecule has 1 amide bonds. The topological polar surface area (TPSA) is 38.3 Å². The van der Waals surface area contributed by atoms with Gasteiger partial charge in [-0.25, -0.2) is 0 Å². The standard InChI is InChI=1S/C13H18BrNO2/c1-9-4-5-12(10(2)8-9)17-7-6-15-13(16)11(3)14/h4-5,8,11H,6-7H2,1-3H3,(H,15,16). The Hall–Kier alpha value is -1.03. The Balaban J connectivity index is 2.34. The maximum Gasteiger partial charge on any atom is 0.233 e. The number of aryl methyl sites for hydroxylation is 2. The van der Waals surface area contributed by atoms with Crippen LogP contribution in [-0.2, 0) is 4.79 Å². The summed E-state index contributed by atoms with van der Waals surface area (Å²) in [4.78, 5) is 11.1. The maximum absolute atomic E-state index is 11.3. The molecule has 0 aliphatic heterocycles. The van der Waals surface area contributed by atoms with Crippen LogP contribution < -0.4 is 10.1 Å². The van der Waals surface area contributed by atoms with Gasteiger partial charge in [-0.1, -0.05) is 33.6 Å². The molecule has 0 saturated carbocycles. The van der Waals surface area contributed by atoms with Gasteiger partial charge in [-0.05, 0) is 32.4 Å². The van der Waals surface area contributed by atoms with E-state index in [0.717, 1.165) is 11.3 Å². The summed E-state index contributed by atoms with van der Waals surface area (Å²) < 4.78 is 5.59. The van der Waals surface area contributed by atoms with Gasteiger partial charge < -0.3 is 10.1 Å². The molecule has 1 aromatic rings. The third-order valence-corrected chi connectivity index (χ3v) is 2.77. The SMILES string of the molecule is Cc1ccc(OCCNC(=O)C(C)Br)c(C)c1. The van der Waals surface area contributed by atoms with Crippen LogP contribution >= 0.6 is 15.9 Å². The molecule has 0 aliphatic rings. The number of alkyl halides is 1. The van der Waals surface area contributed by atoms with E-state index in [1.165, 1.54) is 5.56 Å². The molecule has 94 valence electrons. The zero-order valence-electron chi connectivity index (χ0n) is 10.4. The number of hydrogen-bond donors (Lipinski definition) is 1. The van der Waals surface area contributed by atoms with Crippen LogP contribution in [-0.4, -0.2) is 23.9 Å². The number of hydrogen-bond acceptors (Lipinski definition) is 2. The van der Waals surface area contributed by atoms with Gasteiger partial charge in [0.15, 0.2) is 0 Å². The molecule has 3 nitrogen and oxygen atoms in total. The molecule has 0 heterocycles. The van der Waals surface area contributed by atoms with E-state index in [1.807, 2.05) is 26.0 Å². The molecule has 1 rings (SSSR count). The van der Waals surface area contributed by atoms with Crippen LogP contribution in [0.4, 0.5) is 0 Å². The van der Waals surface area contributed by atoms with Crippen molar-refractivity contribution in [3.05, 3.63) is 29.3 Å². The molecule has 17 heavy (non-hydrogen) atoms. The van der Waals surface area contributed by atoms with Crippen molar-refractivity contribution in [3.63, 3.8) is 0 Å². The molecule has 0 bridgehead atoms. The number of carbonyl (C=O) groups is 1. The lowest BCUT2D eigenvalue weighted by Crippen LogP contribution is -2.32. The van der Waals surface area contributed by atoms with Crippen LogP contribution in [0.2, 0.25) is 0 Å². The smallest absolute Gasteiger partial charge is 0.233 e. The highest BCUT2D eigenvalue weighted by Gasteiger charge is 2.07. The van der Waals surface area contributed by atoms with Crippen LogP contribution in [0.1, 0.15) is 18.1 Å². The van der Waals surface area contributed by atoms with Crippen molar-refractivity contribution in [1.82, 2.24) is 5.32 Å². The number of carbonyl (C=O) groups excluding carboxylic acids is 1. The Kier molecular flexibility index (Phi) is 5.48. The Morgan fingerprint density at radius 2 is 2.18 bits per heavy atom. The van der Waals surface area contributed by atoms with E-state index < -0.39 is 0 Å². The first kappa shape index (κ1) is 14.0. The predicted octanol–water partition coefficient (Wildman–Crippen LogP) is 2.58. The highest BCUT2D eigenvalue weighted by molar-refractivity contribution is 9.10. The molecule has 0 fully saturated rings. The molecule has 1 aromatic carbocycles. The maximum atomic E-state index is 11.3. The second-order valence-corrected chi connectivity index (χ2v) is 5.40. The summed E-state index contributed by atoms with van der Waals surface area (Å²) >= 11 is 3.20. The van der Waals surface area contributed by atoms with Gasteiger partial charge in [-0.2, -0.15) is 0 Å². The Morgan fingerprint density at radius 1 is 1.47 bits per heavy atom. The first-order valence-corrected chi connectivity index (χ1v) is 6.54. The lowest BCUT2D eigenvalue weighted by atomic mass is 10.1. The molecule has 1 N–H and O–H groups in total. The van der Waals surface area contributed by atoms with Crippen molar-refractivity contribution in [3.8, 4) is 5.75 Å². The van der Waals surface area contributed by atoms with E-state index in [-0.39, 0.29) is 10.7 Å². The minimum atomic E-state index is -0.163. The zero-order valence-corrected chi connectivity index (χ0v) is 12.0. The normalized spacial score (nSPS) is 12.0. The summed E-state index contributed by atoms with van der Waals surface area (Å²) in [5, 5.41) is 2.77. The fourth-order valence-electron chi connectivity index (χ4n) is 1.44. The Bertz CT molecular complexity index is 391. The molecule has 4 heteroatoms. The molecule has 1 unspecified atom stereocenters. The van der Waals surface area contributed by atoms with Crippen molar-refractivity contribution < 1.29 is 9.53 Å². The second kappa shape index (κ2) is 6.64. The average Bonchev–Trinajstić information content (AvgIpc) is 2.26. The summed E-state index contributed by atoms with van der Waals surface area (Å²) in [7, 11) is 0. The lowest BCUT2D eigenvalue weighted by Gasteiger charge is -2.11. The third-order valence-electron chi connectivity index (χ3n) is 2.35. The first-order chi connectivity index (χ1) is 8.00. The summed E-state index contributed by atoms with van der Waals surface area (Å²) in [5.74, 6) is 0.853. The van der Waals surface area contributed by atoms with Gasteiger partial charge in [-0.15, -0.1) is 0 Å². The first-order valence-electron chi connectivity index (χ1n) is 5.62. The van der Waals surface area contributed by atoms with Crippen LogP contribution in [0.5, 0.6) is 5.75 Å². The summed E-state index contributed by atoms with van der Waals surface area (Å²) in [6.07, 6.45) is 0. The van der Waals surface area contributed by atoms with Crippen molar-refractivity contribution in [2.75, 3.05) is 13.2 Å². The lowest BCUT2D eigenvalue weighted by molar-refractivity contribution is -0.120. The van der Waals surface area contributed by atoms with E-state index >= 15 is 0 Å².